The Hall–Kier alpha value is -2.89. The number of benzene rings is 1. The minimum absolute atomic E-state index is 0.00525. The van der Waals surface area contributed by atoms with Crippen LogP contribution in [0.25, 0.3) is 12.2 Å². The van der Waals surface area contributed by atoms with E-state index in [-0.39, 0.29) is 11.6 Å². The Balaban J connectivity index is 1.76. The van der Waals surface area contributed by atoms with Gasteiger partial charge >= 0.3 is 0 Å². The Kier molecular flexibility index (Phi) is 7.54. The van der Waals surface area contributed by atoms with Crippen molar-refractivity contribution in [2.75, 3.05) is 13.1 Å². The zero-order valence-electron chi connectivity index (χ0n) is 18.5. The highest BCUT2D eigenvalue weighted by atomic mass is 32.2. The summed E-state index contributed by atoms with van der Waals surface area (Å²) in [6.07, 6.45) is 8.52. The monoisotopic (exact) mass is 454 g/mol. The van der Waals surface area contributed by atoms with E-state index < -0.39 is 21.1 Å². The van der Waals surface area contributed by atoms with Crippen LogP contribution in [0.3, 0.4) is 0 Å². The van der Waals surface area contributed by atoms with E-state index >= 15 is 0 Å². The number of sulfonamides is 1. The molecule has 0 bridgehead atoms. The van der Waals surface area contributed by atoms with Crippen molar-refractivity contribution in [3.63, 3.8) is 0 Å². The molecule has 2 aromatic rings. The molecule has 1 aromatic carbocycles. The molecule has 1 aliphatic heterocycles. The van der Waals surface area contributed by atoms with Crippen LogP contribution in [0, 0.1) is 17.1 Å². The molecule has 1 saturated heterocycles. The van der Waals surface area contributed by atoms with E-state index in [0.717, 1.165) is 22.4 Å². The molecular formula is C24H27FN4O2S. The highest BCUT2D eigenvalue weighted by Gasteiger charge is 2.30. The molecule has 1 fully saturated rings. The van der Waals surface area contributed by atoms with Crippen LogP contribution < -0.4 is 0 Å². The molecule has 168 valence electrons. The third-order valence-electron chi connectivity index (χ3n) is 5.57. The molecule has 2 heterocycles. The molecule has 0 amide bonds. The molecule has 0 saturated carbocycles. The Morgan fingerprint density at radius 1 is 1.28 bits per heavy atom. The smallest absolute Gasteiger partial charge is 0.216 e. The second kappa shape index (κ2) is 10.2. The SMILES string of the molecule is CC(=NC1CCN(S(=O)(=O)C(C)C)CC1)c1cnccc1C=Cc1ccc(F)c(C#N)c1. The van der Waals surface area contributed by atoms with Gasteiger partial charge in [0.15, 0.2) is 0 Å². The van der Waals surface area contributed by atoms with Gasteiger partial charge in [0.1, 0.15) is 11.9 Å². The fourth-order valence-corrected chi connectivity index (χ4v) is 4.95. The quantitative estimate of drug-likeness (QED) is 0.610. The second-order valence-corrected chi connectivity index (χ2v) is 10.6. The first-order valence-electron chi connectivity index (χ1n) is 10.6. The molecule has 3 rings (SSSR count). The minimum Gasteiger partial charge on any atom is -0.286 e. The van der Waals surface area contributed by atoms with E-state index in [0.29, 0.717) is 25.9 Å². The Labute approximate surface area is 189 Å². The number of aromatic nitrogens is 1. The van der Waals surface area contributed by atoms with E-state index in [2.05, 4.69) is 4.98 Å². The van der Waals surface area contributed by atoms with Gasteiger partial charge in [0.25, 0.3) is 0 Å². The van der Waals surface area contributed by atoms with Gasteiger partial charge in [-0.3, -0.25) is 9.98 Å². The number of hydrogen-bond donors (Lipinski definition) is 0. The fourth-order valence-electron chi connectivity index (χ4n) is 3.64. The summed E-state index contributed by atoms with van der Waals surface area (Å²) in [6, 6.07) is 8.18. The summed E-state index contributed by atoms with van der Waals surface area (Å²) >= 11 is 0. The zero-order chi connectivity index (χ0) is 23.3. The lowest BCUT2D eigenvalue weighted by molar-refractivity contribution is 0.319. The number of pyridine rings is 1. The molecule has 0 N–H and O–H groups in total. The van der Waals surface area contributed by atoms with Crippen molar-refractivity contribution in [2.24, 2.45) is 4.99 Å². The van der Waals surface area contributed by atoms with Gasteiger partial charge in [-0.25, -0.2) is 17.1 Å². The lowest BCUT2D eigenvalue weighted by Crippen LogP contribution is -2.42. The number of piperidine rings is 1. The number of halogens is 1. The van der Waals surface area contributed by atoms with Crippen LogP contribution in [0.2, 0.25) is 0 Å². The average Bonchev–Trinajstić information content (AvgIpc) is 2.79. The maximum absolute atomic E-state index is 13.5. The second-order valence-electron chi connectivity index (χ2n) is 8.09. The topological polar surface area (TPSA) is 86.4 Å². The molecule has 0 atom stereocenters. The molecule has 1 aliphatic rings. The number of rotatable bonds is 6. The van der Waals surface area contributed by atoms with Crippen molar-refractivity contribution in [3.8, 4) is 6.07 Å². The first kappa shape index (κ1) is 23.8. The summed E-state index contributed by atoms with van der Waals surface area (Å²) in [5.41, 5.74) is 3.34. The molecule has 0 unspecified atom stereocenters. The molecule has 32 heavy (non-hydrogen) atoms. The van der Waals surface area contributed by atoms with Gasteiger partial charge in [0, 0.05) is 36.8 Å². The van der Waals surface area contributed by atoms with Crippen LogP contribution in [0.4, 0.5) is 4.39 Å². The van der Waals surface area contributed by atoms with Crippen molar-refractivity contribution in [2.45, 2.75) is 44.9 Å². The van der Waals surface area contributed by atoms with E-state index in [1.165, 1.54) is 12.1 Å². The lowest BCUT2D eigenvalue weighted by Gasteiger charge is -2.31. The van der Waals surface area contributed by atoms with Crippen molar-refractivity contribution < 1.29 is 12.8 Å². The maximum atomic E-state index is 13.5. The molecular weight excluding hydrogens is 427 g/mol. The zero-order valence-corrected chi connectivity index (χ0v) is 19.3. The largest absolute Gasteiger partial charge is 0.286 e. The number of hydrogen-bond acceptors (Lipinski definition) is 5. The normalized spacial score (nSPS) is 16.6. The summed E-state index contributed by atoms with van der Waals surface area (Å²) in [7, 11) is -3.23. The first-order valence-corrected chi connectivity index (χ1v) is 12.1. The van der Waals surface area contributed by atoms with Crippen LogP contribution in [-0.4, -0.2) is 47.8 Å². The van der Waals surface area contributed by atoms with Gasteiger partial charge in [0.2, 0.25) is 10.0 Å². The highest BCUT2D eigenvalue weighted by Crippen LogP contribution is 2.21. The Bertz CT molecular complexity index is 1170. The van der Waals surface area contributed by atoms with Gasteiger partial charge in [0.05, 0.1) is 16.9 Å². The van der Waals surface area contributed by atoms with Gasteiger partial charge in [-0.2, -0.15) is 5.26 Å². The first-order chi connectivity index (χ1) is 15.2. The van der Waals surface area contributed by atoms with Crippen LogP contribution >= 0.6 is 0 Å². The fraction of sp³-hybridized carbons (Fsp3) is 0.375. The van der Waals surface area contributed by atoms with Crippen LogP contribution in [0.5, 0.6) is 0 Å². The maximum Gasteiger partial charge on any atom is 0.216 e. The summed E-state index contributed by atoms with van der Waals surface area (Å²) in [6.45, 7) is 6.29. The summed E-state index contributed by atoms with van der Waals surface area (Å²) in [5, 5.41) is 8.60. The van der Waals surface area contributed by atoms with Gasteiger partial charge in [-0.05, 0) is 62.9 Å². The van der Waals surface area contributed by atoms with Gasteiger partial charge < -0.3 is 0 Å². The summed E-state index contributed by atoms with van der Waals surface area (Å²) in [4.78, 5) is 9.07. The minimum atomic E-state index is -3.23. The number of aliphatic imine (C=N–C) groups is 1. The number of nitriles is 1. The Morgan fingerprint density at radius 2 is 2.00 bits per heavy atom. The van der Waals surface area contributed by atoms with Crippen molar-refractivity contribution >= 4 is 27.9 Å². The highest BCUT2D eigenvalue weighted by molar-refractivity contribution is 7.89. The van der Waals surface area contributed by atoms with Crippen molar-refractivity contribution in [3.05, 3.63) is 64.7 Å². The lowest BCUT2D eigenvalue weighted by atomic mass is 10.0. The summed E-state index contributed by atoms with van der Waals surface area (Å²) in [5.74, 6) is -0.538. The standard InChI is InChI=1S/C24H27FN4O2S/c1-17(2)32(30,31)29-12-9-22(10-13-29)28-18(3)23-16-27-11-8-20(23)6-4-19-5-7-24(25)21(14-19)15-26/h4-8,11,14,16-17,22H,9-10,12-13H2,1-3H3. The molecule has 1 aromatic heterocycles. The Morgan fingerprint density at radius 3 is 2.66 bits per heavy atom. The van der Waals surface area contributed by atoms with Gasteiger partial charge in [-0.1, -0.05) is 18.2 Å². The van der Waals surface area contributed by atoms with E-state index in [9.17, 15) is 12.8 Å². The van der Waals surface area contributed by atoms with E-state index in [4.69, 9.17) is 10.3 Å². The summed E-state index contributed by atoms with van der Waals surface area (Å²) < 4.78 is 39.8. The molecule has 0 radical (unpaired) electrons. The van der Waals surface area contributed by atoms with Gasteiger partial charge in [-0.15, -0.1) is 0 Å². The average molecular weight is 455 g/mol. The van der Waals surface area contributed by atoms with E-state index in [1.54, 1.807) is 36.6 Å². The van der Waals surface area contributed by atoms with Crippen LogP contribution in [0.1, 0.15) is 55.9 Å². The third kappa shape index (κ3) is 5.47. The molecule has 0 aliphatic carbocycles. The van der Waals surface area contributed by atoms with Crippen molar-refractivity contribution in [1.82, 2.24) is 9.29 Å². The molecule has 6 nitrogen and oxygen atoms in total. The molecule has 8 heteroatoms. The predicted molar refractivity (Wildman–Crippen MR) is 125 cm³/mol. The van der Waals surface area contributed by atoms with Crippen molar-refractivity contribution in [1.29, 1.82) is 5.26 Å². The van der Waals surface area contributed by atoms with Crippen LogP contribution in [-0.2, 0) is 10.0 Å². The van der Waals surface area contributed by atoms with Crippen LogP contribution in [0.15, 0.2) is 41.7 Å². The molecule has 0 spiro atoms. The predicted octanol–water partition coefficient (Wildman–Crippen LogP) is 4.27. The third-order valence-corrected chi connectivity index (χ3v) is 7.84. The number of nitrogens with zero attached hydrogens (tertiary/aromatic N) is 4. The van der Waals surface area contributed by atoms with E-state index in [1.807, 2.05) is 31.2 Å².